The average molecular weight is 260 g/mol. The van der Waals surface area contributed by atoms with Crippen molar-refractivity contribution in [2.75, 3.05) is 20.2 Å². The first-order valence-corrected chi connectivity index (χ1v) is 5.22. The molecule has 0 spiro atoms. The molecule has 1 fully saturated rings. The highest BCUT2D eigenvalue weighted by atomic mass is 35.5. The topological polar surface area (TPSA) is 29.5 Å². The Bertz CT molecular complexity index is 282. The van der Waals surface area contributed by atoms with Crippen molar-refractivity contribution < 1.29 is 22.7 Å². The number of methoxy groups -OCH3 is 1. The van der Waals surface area contributed by atoms with E-state index in [2.05, 4.69) is 4.74 Å². The Kier molecular flexibility index (Phi) is 3.74. The van der Waals surface area contributed by atoms with Gasteiger partial charge in [-0.3, -0.25) is 4.79 Å². The predicted molar refractivity (Wildman–Crippen MR) is 52.3 cm³/mol. The van der Waals surface area contributed by atoms with E-state index in [1.165, 1.54) is 6.92 Å². The van der Waals surface area contributed by atoms with E-state index in [9.17, 15) is 18.0 Å². The second-order valence-corrected chi connectivity index (χ2v) is 4.48. The summed E-state index contributed by atoms with van der Waals surface area (Å²) in [4.78, 5) is 12.5. The standard InChI is InChI=1S/C9H13ClF3NO2/c1-6(10)7(15)14-4-3-8(5-14,16-2)9(11,12)13/h6H,3-5H2,1-2H3/t6-,8-/m0/s1. The van der Waals surface area contributed by atoms with Gasteiger partial charge < -0.3 is 9.64 Å². The summed E-state index contributed by atoms with van der Waals surface area (Å²) in [5, 5.41) is -0.819. The van der Waals surface area contributed by atoms with Crippen molar-refractivity contribution >= 4 is 17.5 Å². The highest BCUT2D eigenvalue weighted by Crippen LogP contribution is 2.40. The van der Waals surface area contributed by atoms with Crippen LogP contribution in [0.3, 0.4) is 0 Å². The van der Waals surface area contributed by atoms with Crippen LogP contribution in [0.1, 0.15) is 13.3 Å². The lowest BCUT2D eigenvalue weighted by molar-refractivity contribution is -0.263. The van der Waals surface area contributed by atoms with Crippen LogP contribution in [0.25, 0.3) is 0 Å². The van der Waals surface area contributed by atoms with E-state index in [4.69, 9.17) is 11.6 Å². The fraction of sp³-hybridized carbons (Fsp3) is 0.889. The number of hydrogen-bond donors (Lipinski definition) is 0. The lowest BCUT2D eigenvalue weighted by Gasteiger charge is -2.30. The highest BCUT2D eigenvalue weighted by Gasteiger charge is 2.59. The molecule has 0 saturated carbocycles. The summed E-state index contributed by atoms with van der Waals surface area (Å²) in [7, 11) is 1.01. The van der Waals surface area contributed by atoms with E-state index in [0.717, 1.165) is 12.0 Å². The molecular formula is C9H13ClF3NO2. The first-order chi connectivity index (χ1) is 7.23. The SMILES string of the molecule is CO[C@@]1(C(F)(F)F)CCN(C(=O)[C@H](C)Cl)C1. The van der Waals surface area contributed by atoms with E-state index >= 15 is 0 Å². The van der Waals surface area contributed by atoms with Crippen LogP contribution in [0.5, 0.6) is 0 Å². The van der Waals surface area contributed by atoms with Gasteiger partial charge in [0.05, 0.1) is 6.54 Å². The van der Waals surface area contributed by atoms with Crippen LogP contribution in [0.15, 0.2) is 0 Å². The third-order valence-corrected chi connectivity index (χ3v) is 2.98. The van der Waals surface area contributed by atoms with Crippen molar-refractivity contribution in [1.29, 1.82) is 0 Å². The van der Waals surface area contributed by atoms with E-state index in [1.807, 2.05) is 0 Å². The monoisotopic (exact) mass is 259 g/mol. The molecule has 1 heterocycles. The Morgan fingerprint density at radius 1 is 1.56 bits per heavy atom. The Hall–Kier alpha value is -0.490. The molecule has 0 unspecified atom stereocenters. The number of ether oxygens (including phenoxy) is 1. The predicted octanol–water partition coefficient (Wildman–Crippen LogP) is 1.79. The zero-order valence-electron chi connectivity index (χ0n) is 8.97. The lowest BCUT2D eigenvalue weighted by atomic mass is 10.0. The van der Waals surface area contributed by atoms with E-state index in [-0.39, 0.29) is 13.0 Å². The number of rotatable bonds is 2. The van der Waals surface area contributed by atoms with Gasteiger partial charge in [-0.2, -0.15) is 13.2 Å². The van der Waals surface area contributed by atoms with Crippen LogP contribution in [-0.4, -0.2) is 48.2 Å². The summed E-state index contributed by atoms with van der Waals surface area (Å²) >= 11 is 5.55. The van der Waals surface area contributed by atoms with Gasteiger partial charge in [-0.1, -0.05) is 0 Å². The van der Waals surface area contributed by atoms with Crippen LogP contribution >= 0.6 is 11.6 Å². The minimum absolute atomic E-state index is 0.0171. The van der Waals surface area contributed by atoms with Gasteiger partial charge >= 0.3 is 6.18 Å². The maximum atomic E-state index is 12.8. The number of halogens is 4. The summed E-state index contributed by atoms with van der Waals surface area (Å²) in [6, 6.07) is 0. The first kappa shape index (κ1) is 13.6. The molecule has 0 bridgehead atoms. The summed E-state index contributed by atoms with van der Waals surface area (Å²) in [5.74, 6) is -0.496. The number of carbonyl (C=O) groups excluding carboxylic acids is 1. The number of amides is 1. The Morgan fingerprint density at radius 3 is 2.44 bits per heavy atom. The van der Waals surface area contributed by atoms with Crippen LogP contribution in [0.2, 0.25) is 0 Å². The van der Waals surface area contributed by atoms with Crippen molar-refractivity contribution in [1.82, 2.24) is 4.90 Å². The molecule has 0 aromatic heterocycles. The maximum absolute atomic E-state index is 12.8. The molecule has 94 valence electrons. The van der Waals surface area contributed by atoms with Gasteiger partial charge in [0.25, 0.3) is 0 Å². The Morgan fingerprint density at radius 2 is 2.12 bits per heavy atom. The minimum Gasteiger partial charge on any atom is -0.367 e. The normalized spacial score (nSPS) is 28.2. The van der Waals surface area contributed by atoms with Gasteiger partial charge in [0.1, 0.15) is 5.38 Å². The molecule has 0 radical (unpaired) electrons. The largest absolute Gasteiger partial charge is 0.419 e. The molecule has 1 rings (SSSR count). The van der Waals surface area contributed by atoms with Crippen molar-refractivity contribution in [2.45, 2.75) is 30.5 Å². The molecule has 1 amide bonds. The Balaban J connectivity index is 2.80. The van der Waals surface area contributed by atoms with Crippen molar-refractivity contribution in [3.63, 3.8) is 0 Å². The molecule has 16 heavy (non-hydrogen) atoms. The van der Waals surface area contributed by atoms with E-state index < -0.39 is 29.6 Å². The third kappa shape index (κ3) is 2.27. The molecule has 3 nitrogen and oxygen atoms in total. The van der Waals surface area contributed by atoms with Gasteiger partial charge in [0, 0.05) is 20.1 Å². The molecule has 0 aromatic carbocycles. The summed E-state index contributed by atoms with van der Waals surface area (Å²) in [6.45, 7) is 0.969. The quantitative estimate of drug-likeness (QED) is 0.708. The average Bonchev–Trinajstić information content (AvgIpc) is 2.60. The third-order valence-electron chi connectivity index (χ3n) is 2.79. The molecule has 1 aliphatic heterocycles. The molecule has 0 aromatic rings. The minimum atomic E-state index is -4.48. The fourth-order valence-electron chi connectivity index (χ4n) is 1.74. The summed E-state index contributed by atoms with van der Waals surface area (Å²) in [5.41, 5.74) is -2.24. The van der Waals surface area contributed by atoms with Crippen LogP contribution in [0, 0.1) is 0 Å². The van der Waals surface area contributed by atoms with E-state index in [0.29, 0.717) is 0 Å². The number of nitrogens with zero attached hydrogens (tertiary/aromatic N) is 1. The fourth-order valence-corrected chi connectivity index (χ4v) is 1.87. The zero-order chi connectivity index (χ0) is 12.6. The van der Waals surface area contributed by atoms with Gasteiger partial charge in [-0.05, 0) is 6.92 Å². The summed E-state index contributed by atoms with van der Waals surface area (Å²) < 4.78 is 42.8. The van der Waals surface area contributed by atoms with Crippen molar-refractivity contribution in [2.24, 2.45) is 0 Å². The number of likely N-dealkylation sites (tertiary alicyclic amines) is 1. The van der Waals surface area contributed by atoms with Crippen LogP contribution in [-0.2, 0) is 9.53 Å². The molecule has 1 saturated heterocycles. The zero-order valence-corrected chi connectivity index (χ0v) is 9.73. The summed E-state index contributed by atoms with van der Waals surface area (Å²) in [6.07, 6.45) is -4.73. The van der Waals surface area contributed by atoms with Gasteiger partial charge in [0.2, 0.25) is 5.91 Å². The molecule has 0 N–H and O–H groups in total. The first-order valence-electron chi connectivity index (χ1n) is 4.78. The maximum Gasteiger partial charge on any atom is 0.419 e. The molecule has 2 atom stereocenters. The van der Waals surface area contributed by atoms with E-state index in [1.54, 1.807) is 0 Å². The number of carbonyl (C=O) groups is 1. The highest BCUT2D eigenvalue weighted by molar-refractivity contribution is 6.30. The van der Waals surface area contributed by atoms with Gasteiger partial charge in [-0.25, -0.2) is 0 Å². The van der Waals surface area contributed by atoms with Crippen molar-refractivity contribution in [3.8, 4) is 0 Å². The molecular weight excluding hydrogens is 247 g/mol. The second kappa shape index (κ2) is 4.41. The van der Waals surface area contributed by atoms with Crippen molar-refractivity contribution in [3.05, 3.63) is 0 Å². The second-order valence-electron chi connectivity index (χ2n) is 3.82. The van der Waals surface area contributed by atoms with Crippen LogP contribution in [0.4, 0.5) is 13.2 Å². The van der Waals surface area contributed by atoms with Crippen LogP contribution < -0.4 is 0 Å². The molecule has 0 aliphatic carbocycles. The smallest absolute Gasteiger partial charge is 0.367 e. The number of hydrogen-bond acceptors (Lipinski definition) is 2. The Labute approximate surface area is 96.5 Å². The number of alkyl halides is 4. The van der Waals surface area contributed by atoms with Gasteiger partial charge in [0.15, 0.2) is 5.60 Å². The lowest BCUT2D eigenvalue weighted by Crippen LogP contribution is -2.50. The van der Waals surface area contributed by atoms with Gasteiger partial charge in [-0.15, -0.1) is 11.6 Å². The molecule has 7 heteroatoms. The molecule has 1 aliphatic rings.